The van der Waals surface area contributed by atoms with E-state index in [1.807, 2.05) is 17.8 Å². The van der Waals surface area contributed by atoms with E-state index in [-0.39, 0.29) is 0 Å². The summed E-state index contributed by atoms with van der Waals surface area (Å²) in [6.45, 7) is 0.798. The van der Waals surface area contributed by atoms with Crippen molar-refractivity contribution in [3.63, 3.8) is 0 Å². The Balaban J connectivity index is 1.63. The van der Waals surface area contributed by atoms with E-state index >= 15 is 0 Å². The molecule has 1 aromatic rings. The molecule has 1 saturated carbocycles. The smallest absolute Gasteiger partial charge is 0.157 e. The fourth-order valence-electron chi connectivity index (χ4n) is 2.66. The molecule has 1 aliphatic heterocycles. The van der Waals surface area contributed by atoms with E-state index in [0.717, 1.165) is 11.7 Å². The van der Waals surface area contributed by atoms with Crippen LogP contribution in [0.3, 0.4) is 0 Å². The van der Waals surface area contributed by atoms with Crippen LogP contribution in [0.1, 0.15) is 31.2 Å². The Kier molecular flexibility index (Phi) is 3.10. The average Bonchev–Trinajstić information content (AvgIpc) is 2.99. The predicted octanol–water partition coefficient (Wildman–Crippen LogP) is 3.19. The standard InChI is InChI=1S/C14H18N2S/c1-2-6-12(7-3-1)10-15-13-16-14(11-17-13)8-4-5-9-14/h1-3,6-7H,4-5,8-11H2,(H,15,16). The molecule has 1 aromatic carbocycles. The lowest BCUT2D eigenvalue weighted by atomic mass is 10.0. The summed E-state index contributed by atoms with van der Waals surface area (Å²) < 4.78 is 0. The number of hydrogen-bond donors (Lipinski definition) is 1. The van der Waals surface area contributed by atoms with Gasteiger partial charge >= 0.3 is 0 Å². The summed E-state index contributed by atoms with van der Waals surface area (Å²) in [5.41, 5.74) is 1.68. The summed E-state index contributed by atoms with van der Waals surface area (Å²) >= 11 is 1.90. The lowest BCUT2D eigenvalue weighted by molar-refractivity contribution is 0.452. The zero-order valence-electron chi connectivity index (χ0n) is 9.98. The number of amidine groups is 1. The Bertz CT molecular complexity index is 407. The molecule has 1 spiro atoms. The highest BCUT2D eigenvalue weighted by molar-refractivity contribution is 8.14. The first-order valence-electron chi connectivity index (χ1n) is 6.36. The van der Waals surface area contributed by atoms with E-state index in [4.69, 9.17) is 0 Å². The average molecular weight is 246 g/mol. The molecule has 2 nitrogen and oxygen atoms in total. The van der Waals surface area contributed by atoms with Gasteiger partial charge in [0.1, 0.15) is 0 Å². The first kappa shape index (κ1) is 11.1. The maximum Gasteiger partial charge on any atom is 0.157 e. The quantitative estimate of drug-likeness (QED) is 0.866. The Morgan fingerprint density at radius 2 is 1.94 bits per heavy atom. The molecule has 0 atom stereocenters. The second-order valence-electron chi connectivity index (χ2n) is 5.01. The van der Waals surface area contributed by atoms with Gasteiger partial charge in [-0.3, -0.25) is 4.99 Å². The van der Waals surface area contributed by atoms with Gasteiger partial charge in [0.15, 0.2) is 5.17 Å². The van der Waals surface area contributed by atoms with Gasteiger partial charge in [0.2, 0.25) is 0 Å². The second kappa shape index (κ2) is 4.73. The number of hydrogen-bond acceptors (Lipinski definition) is 2. The minimum atomic E-state index is 0.389. The van der Waals surface area contributed by atoms with Gasteiger partial charge in [-0.25, -0.2) is 0 Å². The molecule has 2 aliphatic rings. The third-order valence-electron chi connectivity index (χ3n) is 3.67. The molecule has 90 valence electrons. The third kappa shape index (κ3) is 2.49. The summed E-state index contributed by atoms with van der Waals surface area (Å²) in [5, 5.41) is 4.80. The highest BCUT2D eigenvalue weighted by atomic mass is 32.2. The maximum absolute atomic E-state index is 4.68. The highest BCUT2D eigenvalue weighted by Crippen LogP contribution is 2.37. The molecule has 1 saturated heterocycles. The summed E-state index contributed by atoms with van der Waals surface area (Å²) in [6, 6.07) is 10.5. The van der Waals surface area contributed by atoms with E-state index in [1.165, 1.54) is 37.0 Å². The van der Waals surface area contributed by atoms with E-state index in [1.54, 1.807) is 0 Å². The van der Waals surface area contributed by atoms with Crippen molar-refractivity contribution in [1.29, 1.82) is 0 Å². The topological polar surface area (TPSA) is 24.4 Å². The van der Waals surface area contributed by atoms with Crippen molar-refractivity contribution >= 4 is 16.9 Å². The van der Waals surface area contributed by atoms with Crippen LogP contribution in [-0.4, -0.2) is 16.5 Å². The minimum Gasteiger partial charge on any atom is -0.359 e. The van der Waals surface area contributed by atoms with Gasteiger partial charge in [-0.05, 0) is 18.4 Å². The van der Waals surface area contributed by atoms with E-state index in [0.29, 0.717) is 5.54 Å². The Morgan fingerprint density at radius 3 is 2.71 bits per heavy atom. The number of nitrogens with zero attached hydrogens (tertiary/aromatic N) is 1. The molecule has 0 radical (unpaired) electrons. The molecule has 17 heavy (non-hydrogen) atoms. The number of thioether (sulfide) groups is 1. The molecule has 1 N–H and O–H groups in total. The van der Waals surface area contributed by atoms with E-state index in [9.17, 15) is 0 Å². The van der Waals surface area contributed by atoms with Crippen molar-refractivity contribution in [3.8, 4) is 0 Å². The lowest BCUT2D eigenvalue weighted by Crippen LogP contribution is -2.40. The van der Waals surface area contributed by atoms with E-state index < -0.39 is 0 Å². The van der Waals surface area contributed by atoms with Gasteiger partial charge in [0, 0.05) is 11.3 Å². The van der Waals surface area contributed by atoms with Crippen LogP contribution >= 0.6 is 11.8 Å². The minimum absolute atomic E-state index is 0.389. The normalized spacial score (nSPS) is 24.4. The van der Waals surface area contributed by atoms with Crippen LogP contribution in [0.15, 0.2) is 35.3 Å². The van der Waals surface area contributed by atoms with Crippen molar-refractivity contribution in [3.05, 3.63) is 35.9 Å². The molecule has 0 aromatic heterocycles. The van der Waals surface area contributed by atoms with Gasteiger partial charge in [0.05, 0.1) is 6.54 Å². The second-order valence-corrected chi connectivity index (χ2v) is 5.97. The molecule has 0 unspecified atom stereocenters. The zero-order chi connectivity index (χ0) is 11.6. The largest absolute Gasteiger partial charge is 0.359 e. The van der Waals surface area contributed by atoms with Crippen LogP contribution in [0.25, 0.3) is 0 Å². The summed E-state index contributed by atoms with van der Waals surface area (Å²) in [6.07, 6.45) is 5.40. The van der Waals surface area contributed by atoms with Crippen molar-refractivity contribution < 1.29 is 0 Å². The Labute approximate surface area is 107 Å². The van der Waals surface area contributed by atoms with Crippen molar-refractivity contribution in [2.45, 2.75) is 37.8 Å². The first-order chi connectivity index (χ1) is 8.36. The fourth-order valence-corrected chi connectivity index (χ4v) is 3.88. The summed E-state index contributed by atoms with van der Waals surface area (Å²) in [7, 11) is 0. The molecular formula is C14H18N2S. The van der Waals surface area contributed by atoms with Gasteiger partial charge in [0.25, 0.3) is 0 Å². The lowest BCUT2D eigenvalue weighted by Gasteiger charge is -2.21. The van der Waals surface area contributed by atoms with Crippen molar-refractivity contribution in [2.24, 2.45) is 4.99 Å². The van der Waals surface area contributed by atoms with E-state index in [2.05, 4.69) is 34.6 Å². The molecule has 0 bridgehead atoms. The number of benzene rings is 1. The first-order valence-corrected chi connectivity index (χ1v) is 7.34. The molecule has 2 fully saturated rings. The van der Waals surface area contributed by atoms with Gasteiger partial charge in [-0.1, -0.05) is 54.9 Å². The number of rotatable bonds is 2. The van der Waals surface area contributed by atoms with Crippen LogP contribution < -0.4 is 5.32 Å². The molecule has 1 aliphatic carbocycles. The molecule has 0 amide bonds. The van der Waals surface area contributed by atoms with Crippen LogP contribution in [0.2, 0.25) is 0 Å². The Morgan fingerprint density at radius 1 is 1.18 bits per heavy atom. The summed E-state index contributed by atoms with van der Waals surface area (Å²) in [4.78, 5) is 4.68. The van der Waals surface area contributed by atoms with Crippen molar-refractivity contribution in [1.82, 2.24) is 5.32 Å². The molecule has 3 rings (SSSR count). The molecule has 3 heteroatoms. The van der Waals surface area contributed by atoms with Gasteiger partial charge < -0.3 is 5.32 Å². The molecule has 1 heterocycles. The maximum atomic E-state index is 4.68. The third-order valence-corrected chi connectivity index (χ3v) is 4.87. The summed E-state index contributed by atoms with van der Waals surface area (Å²) in [5.74, 6) is 1.21. The van der Waals surface area contributed by atoms with Gasteiger partial charge in [-0.2, -0.15) is 0 Å². The van der Waals surface area contributed by atoms with Crippen LogP contribution in [-0.2, 0) is 6.54 Å². The van der Waals surface area contributed by atoms with Crippen molar-refractivity contribution in [2.75, 3.05) is 5.75 Å². The number of nitrogens with one attached hydrogen (secondary N) is 1. The monoisotopic (exact) mass is 246 g/mol. The number of aliphatic imine (C=N–C) groups is 1. The SMILES string of the molecule is c1ccc(CN=C2NC3(CCCC3)CS2)cc1. The van der Waals surface area contributed by atoms with Gasteiger partial charge in [-0.15, -0.1) is 0 Å². The van der Waals surface area contributed by atoms with Crippen LogP contribution in [0.4, 0.5) is 0 Å². The highest BCUT2D eigenvalue weighted by Gasteiger charge is 2.39. The predicted molar refractivity (Wildman–Crippen MR) is 74.4 cm³/mol. The van der Waals surface area contributed by atoms with Crippen LogP contribution in [0, 0.1) is 0 Å². The molecular weight excluding hydrogens is 228 g/mol. The van der Waals surface area contributed by atoms with Crippen LogP contribution in [0.5, 0.6) is 0 Å². The zero-order valence-corrected chi connectivity index (χ0v) is 10.8. The fraction of sp³-hybridized carbons (Fsp3) is 0.500. The Hall–Kier alpha value is -0.960.